The van der Waals surface area contributed by atoms with Gasteiger partial charge in [0.1, 0.15) is 0 Å². The van der Waals surface area contributed by atoms with Gasteiger partial charge in [-0.15, -0.1) is 5.16 Å². The van der Waals surface area contributed by atoms with Gasteiger partial charge in [-0.3, -0.25) is 0 Å². The highest BCUT2D eigenvalue weighted by molar-refractivity contribution is 5.56. The van der Waals surface area contributed by atoms with Crippen LogP contribution in [0.15, 0.2) is 16.8 Å². The molecule has 1 atom stereocenters. The summed E-state index contributed by atoms with van der Waals surface area (Å²) >= 11 is 0. The van der Waals surface area contributed by atoms with Crippen LogP contribution >= 0.6 is 0 Å². The Hall–Kier alpha value is -0.790. The molecule has 1 N–H and O–H groups in total. The van der Waals surface area contributed by atoms with E-state index < -0.39 is 0 Å². The van der Waals surface area contributed by atoms with E-state index in [2.05, 4.69) is 32.0 Å². The first-order valence-electron chi connectivity index (χ1n) is 4.46. The second-order valence-electron chi connectivity index (χ2n) is 3.50. The van der Waals surface area contributed by atoms with Crippen LogP contribution in [0.5, 0.6) is 0 Å². The van der Waals surface area contributed by atoms with E-state index in [1.54, 1.807) is 6.21 Å². The van der Waals surface area contributed by atoms with Gasteiger partial charge in [0.2, 0.25) is 0 Å². The third-order valence-corrected chi connectivity index (χ3v) is 1.80. The summed E-state index contributed by atoms with van der Waals surface area (Å²) in [5.74, 6) is 0.608. The Morgan fingerprint density at radius 2 is 2.17 bits per heavy atom. The summed E-state index contributed by atoms with van der Waals surface area (Å²) in [5, 5.41) is 11.2. The van der Waals surface area contributed by atoms with Crippen molar-refractivity contribution in [3.63, 3.8) is 0 Å². The van der Waals surface area contributed by atoms with Crippen LogP contribution in [0.4, 0.5) is 0 Å². The standard InChI is InChI=1S/C10H19NO/c1-9(2)5-4-6-10(3)7-8-11-12/h5,8,10,12H,4,6-7H2,1-3H3/b11-8+/t10-/m1/s1. The van der Waals surface area contributed by atoms with Gasteiger partial charge in [0.05, 0.1) is 0 Å². The molecule has 0 aliphatic carbocycles. The van der Waals surface area contributed by atoms with Gasteiger partial charge in [-0.2, -0.15) is 0 Å². The lowest BCUT2D eigenvalue weighted by atomic mass is 10.0. The van der Waals surface area contributed by atoms with Crippen LogP contribution in [-0.4, -0.2) is 11.4 Å². The molecule has 0 saturated heterocycles. The fourth-order valence-electron chi connectivity index (χ4n) is 1.00. The minimum Gasteiger partial charge on any atom is -0.411 e. The predicted octanol–water partition coefficient (Wildman–Crippen LogP) is 3.22. The number of hydrogen-bond acceptors (Lipinski definition) is 2. The Morgan fingerprint density at radius 3 is 2.67 bits per heavy atom. The summed E-state index contributed by atoms with van der Waals surface area (Å²) in [7, 11) is 0. The van der Waals surface area contributed by atoms with Gasteiger partial charge in [0, 0.05) is 6.21 Å². The van der Waals surface area contributed by atoms with E-state index in [9.17, 15) is 0 Å². The lowest BCUT2D eigenvalue weighted by molar-refractivity contribution is 0.319. The summed E-state index contributed by atoms with van der Waals surface area (Å²) in [6.45, 7) is 6.39. The normalized spacial score (nSPS) is 13.2. The zero-order valence-electron chi connectivity index (χ0n) is 8.25. The van der Waals surface area contributed by atoms with Crippen molar-refractivity contribution in [2.75, 3.05) is 0 Å². The first-order chi connectivity index (χ1) is 5.66. The van der Waals surface area contributed by atoms with Crippen LogP contribution in [-0.2, 0) is 0 Å². The van der Waals surface area contributed by atoms with Gasteiger partial charge in [0.15, 0.2) is 0 Å². The molecule has 0 spiro atoms. The zero-order valence-corrected chi connectivity index (χ0v) is 8.25. The second kappa shape index (κ2) is 6.89. The number of hydrogen-bond donors (Lipinski definition) is 1. The van der Waals surface area contributed by atoms with Crippen molar-refractivity contribution in [2.45, 2.75) is 40.0 Å². The lowest BCUT2D eigenvalue weighted by Gasteiger charge is -2.04. The third kappa shape index (κ3) is 7.32. The molecule has 0 amide bonds. The highest BCUT2D eigenvalue weighted by atomic mass is 16.4. The maximum atomic E-state index is 8.19. The van der Waals surface area contributed by atoms with Crippen molar-refractivity contribution >= 4 is 6.21 Å². The number of oxime groups is 1. The fraction of sp³-hybridized carbons (Fsp3) is 0.700. The summed E-state index contributed by atoms with van der Waals surface area (Å²) in [6.07, 6.45) is 6.97. The summed E-state index contributed by atoms with van der Waals surface area (Å²) in [6, 6.07) is 0. The summed E-state index contributed by atoms with van der Waals surface area (Å²) in [4.78, 5) is 0. The van der Waals surface area contributed by atoms with E-state index in [0.29, 0.717) is 5.92 Å². The van der Waals surface area contributed by atoms with E-state index in [-0.39, 0.29) is 0 Å². The average Bonchev–Trinajstić information content (AvgIpc) is 2.00. The molecule has 2 nitrogen and oxygen atoms in total. The van der Waals surface area contributed by atoms with E-state index in [1.807, 2.05) is 0 Å². The zero-order chi connectivity index (χ0) is 9.40. The molecule has 0 aromatic rings. The lowest BCUT2D eigenvalue weighted by Crippen LogP contribution is -1.94. The van der Waals surface area contributed by atoms with Crippen molar-refractivity contribution in [3.8, 4) is 0 Å². The minimum atomic E-state index is 0.608. The van der Waals surface area contributed by atoms with E-state index in [0.717, 1.165) is 19.3 Å². The third-order valence-electron chi connectivity index (χ3n) is 1.80. The van der Waals surface area contributed by atoms with Crippen molar-refractivity contribution in [3.05, 3.63) is 11.6 Å². The Bertz CT molecular complexity index is 157. The molecule has 0 aliphatic heterocycles. The molecule has 0 aliphatic rings. The predicted molar refractivity (Wildman–Crippen MR) is 52.7 cm³/mol. The van der Waals surface area contributed by atoms with Crippen LogP contribution in [0.3, 0.4) is 0 Å². The molecule has 2 heteroatoms. The van der Waals surface area contributed by atoms with Crippen molar-refractivity contribution in [1.29, 1.82) is 0 Å². The minimum absolute atomic E-state index is 0.608. The topological polar surface area (TPSA) is 32.6 Å². The second-order valence-corrected chi connectivity index (χ2v) is 3.50. The van der Waals surface area contributed by atoms with Crippen LogP contribution < -0.4 is 0 Å². The molecule has 12 heavy (non-hydrogen) atoms. The molecule has 0 rings (SSSR count). The van der Waals surface area contributed by atoms with Gasteiger partial charge < -0.3 is 5.21 Å². The van der Waals surface area contributed by atoms with E-state index >= 15 is 0 Å². The Labute approximate surface area is 75.0 Å². The number of rotatable bonds is 5. The molecular formula is C10H19NO. The maximum absolute atomic E-state index is 8.19. The Balaban J connectivity index is 3.43. The first-order valence-corrected chi connectivity index (χ1v) is 4.46. The molecule has 0 aromatic heterocycles. The molecule has 0 heterocycles. The van der Waals surface area contributed by atoms with Crippen LogP contribution in [0.25, 0.3) is 0 Å². The highest BCUT2D eigenvalue weighted by Gasteiger charge is 1.97. The number of allylic oxidation sites excluding steroid dienone is 2. The Kier molecular flexibility index (Phi) is 6.44. The van der Waals surface area contributed by atoms with Gasteiger partial charge in [-0.05, 0) is 39.0 Å². The fourth-order valence-corrected chi connectivity index (χ4v) is 1.00. The summed E-state index contributed by atoms with van der Waals surface area (Å²) < 4.78 is 0. The summed E-state index contributed by atoms with van der Waals surface area (Å²) in [5.41, 5.74) is 1.37. The average molecular weight is 169 g/mol. The SMILES string of the molecule is CC(C)=CCC[C@@H](C)C/C=N/O. The number of nitrogens with zero attached hydrogens (tertiary/aromatic N) is 1. The van der Waals surface area contributed by atoms with Crippen molar-refractivity contribution in [1.82, 2.24) is 0 Å². The molecule has 0 radical (unpaired) electrons. The van der Waals surface area contributed by atoms with Crippen LogP contribution in [0, 0.1) is 5.92 Å². The van der Waals surface area contributed by atoms with Gasteiger partial charge in [0.25, 0.3) is 0 Å². The molecule has 0 fully saturated rings. The molecular weight excluding hydrogens is 150 g/mol. The van der Waals surface area contributed by atoms with Crippen LogP contribution in [0.1, 0.15) is 40.0 Å². The van der Waals surface area contributed by atoms with Crippen molar-refractivity contribution in [2.24, 2.45) is 11.1 Å². The Morgan fingerprint density at radius 1 is 1.50 bits per heavy atom. The van der Waals surface area contributed by atoms with Gasteiger partial charge in [-0.25, -0.2) is 0 Å². The smallest absolute Gasteiger partial charge is 0.0438 e. The largest absolute Gasteiger partial charge is 0.411 e. The van der Waals surface area contributed by atoms with Gasteiger partial charge in [-0.1, -0.05) is 18.6 Å². The molecule has 0 saturated carbocycles. The molecule has 0 unspecified atom stereocenters. The first kappa shape index (κ1) is 11.2. The molecule has 0 bridgehead atoms. The van der Waals surface area contributed by atoms with Crippen molar-refractivity contribution < 1.29 is 5.21 Å². The monoisotopic (exact) mass is 169 g/mol. The molecule has 70 valence electrons. The highest BCUT2D eigenvalue weighted by Crippen LogP contribution is 2.10. The maximum Gasteiger partial charge on any atom is 0.0438 e. The van der Waals surface area contributed by atoms with E-state index in [1.165, 1.54) is 5.57 Å². The molecule has 0 aromatic carbocycles. The quantitative estimate of drug-likeness (QED) is 0.291. The van der Waals surface area contributed by atoms with Crippen LogP contribution in [0.2, 0.25) is 0 Å². The van der Waals surface area contributed by atoms with Gasteiger partial charge >= 0.3 is 0 Å². The van der Waals surface area contributed by atoms with E-state index in [4.69, 9.17) is 5.21 Å².